The molecule has 2 aliphatic rings. The van der Waals surface area contributed by atoms with E-state index < -0.39 is 16.0 Å². The molecule has 9 heteroatoms. The Kier molecular flexibility index (Phi) is 5.13. The molecule has 0 spiro atoms. The minimum absolute atomic E-state index is 0.0320. The van der Waals surface area contributed by atoms with Gasteiger partial charge in [0.25, 0.3) is 10.0 Å². The second-order valence-corrected chi connectivity index (χ2v) is 9.74. The van der Waals surface area contributed by atoms with Gasteiger partial charge in [-0.3, -0.25) is 0 Å². The molecule has 1 aromatic heterocycles. The van der Waals surface area contributed by atoms with Crippen LogP contribution in [0.2, 0.25) is 0 Å². The smallest absolute Gasteiger partial charge is 0.337 e. The third kappa shape index (κ3) is 3.65. The van der Waals surface area contributed by atoms with E-state index in [0.29, 0.717) is 48.2 Å². The molecular weight excluding hydrogens is 402 g/mol. The number of ether oxygens (including phenoxy) is 2. The summed E-state index contributed by atoms with van der Waals surface area (Å²) >= 11 is 0.976. The first-order chi connectivity index (χ1) is 13.4. The number of aliphatic carboxylic acids is 1. The largest absolute Gasteiger partial charge is 0.486 e. The molecule has 0 radical (unpaired) electrons. The van der Waals surface area contributed by atoms with Crippen molar-refractivity contribution in [3.05, 3.63) is 40.8 Å². The Hall–Kier alpha value is -2.36. The molecule has 7 nitrogen and oxygen atoms in total. The number of benzene rings is 1. The van der Waals surface area contributed by atoms with Crippen molar-refractivity contribution in [1.29, 1.82) is 0 Å². The maximum absolute atomic E-state index is 12.7. The number of carbonyl (C=O) groups is 1. The predicted octanol–water partition coefficient (Wildman–Crippen LogP) is 2.93. The van der Waals surface area contributed by atoms with Crippen LogP contribution in [-0.2, 0) is 14.8 Å². The van der Waals surface area contributed by atoms with Gasteiger partial charge in [-0.05, 0) is 48.7 Å². The van der Waals surface area contributed by atoms with E-state index in [4.69, 9.17) is 9.47 Å². The topological polar surface area (TPSA) is 93.1 Å². The summed E-state index contributed by atoms with van der Waals surface area (Å²) in [6.07, 6.45) is 3.21. The van der Waals surface area contributed by atoms with Crippen LogP contribution in [0.15, 0.2) is 34.5 Å². The van der Waals surface area contributed by atoms with Crippen molar-refractivity contribution in [2.24, 2.45) is 0 Å². The molecule has 1 saturated heterocycles. The maximum atomic E-state index is 12.7. The summed E-state index contributed by atoms with van der Waals surface area (Å²) in [4.78, 5) is 12.2. The molecule has 4 rings (SSSR count). The minimum Gasteiger partial charge on any atom is -0.486 e. The maximum Gasteiger partial charge on any atom is 0.337 e. The van der Waals surface area contributed by atoms with Crippen LogP contribution in [0, 0.1) is 0 Å². The van der Waals surface area contributed by atoms with E-state index in [-0.39, 0.29) is 9.78 Å². The highest BCUT2D eigenvalue weighted by atomic mass is 32.2. The molecule has 148 valence electrons. The monoisotopic (exact) mass is 421 g/mol. The molecule has 28 heavy (non-hydrogen) atoms. The number of hydrogen-bond donors (Lipinski definition) is 1. The lowest BCUT2D eigenvalue weighted by atomic mass is 10.1. The zero-order chi connectivity index (χ0) is 19.7. The van der Waals surface area contributed by atoms with Crippen molar-refractivity contribution in [3.63, 3.8) is 0 Å². The van der Waals surface area contributed by atoms with E-state index in [1.54, 1.807) is 24.3 Å². The van der Waals surface area contributed by atoms with Gasteiger partial charge in [0, 0.05) is 18.0 Å². The average molecular weight is 421 g/mol. The van der Waals surface area contributed by atoms with Gasteiger partial charge in [0.15, 0.2) is 11.5 Å². The van der Waals surface area contributed by atoms with Crippen molar-refractivity contribution in [2.45, 2.75) is 17.1 Å². The van der Waals surface area contributed by atoms with E-state index in [9.17, 15) is 18.3 Å². The molecule has 2 aromatic rings. The van der Waals surface area contributed by atoms with Gasteiger partial charge in [0.05, 0.1) is 5.57 Å². The molecule has 2 aliphatic heterocycles. The van der Waals surface area contributed by atoms with Gasteiger partial charge in [-0.15, -0.1) is 11.3 Å². The molecule has 3 heterocycles. The number of carboxylic acid groups (broad SMARTS) is 1. The van der Waals surface area contributed by atoms with Crippen LogP contribution in [0.1, 0.15) is 23.3 Å². The molecule has 1 fully saturated rings. The number of fused-ring (bicyclic) bond motifs is 1. The van der Waals surface area contributed by atoms with E-state index >= 15 is 0 Å². The number of rotatable bonds is 5. The molecule has 0 atom stereocenters. The van der Waals surface area contributed by atoms with Crippen molar-refractivity contribution < 1.29 is 27.8 Å². The average Bonchev–Trinajstić information content (AvgIpc) is 3.38. The minimum atomic E-state index is -3.57. The lowest BCUT2D eigenvalue weighted by Gasteiger charge is -2.18. The van der Waals surface area contributed by atoms with Gasteiger partial charge in [-0.25, -0.2) is 13.2 Å². The van der Waals surface area contributed by atoms with Crippen molar-refractivity contribution in [2.75, 3.05) is 26.3 Å². The van der Waals surface area contributed by atoms with Crippen LogP contribution in [0.5, 0.6) is 11.5 Å². The van der Waals surface area contributed by atoms with Crippen molar-refractivity contribution in [3.8, 4) is 11.5 Å². The zero-order valence-electron chi connectivity index (χ0n) is 15.0. The first kappa shape index (κ1) is 19.0. The van der Waals surface area contributed by atoms with Gasteiger partial charge >= 0.3 is 5.97 Å². The molecule has 1 aromatic carbocycles. The first-order valence-corrected chi connectivity index (χ1v) is 11.2. The summed E-state index contributed by atoms with van der Waals surface area (Å²) in [6.45, 7) is 1.93. The highest BCUT2D eigenvalue weighted by Gasteiger charge is 2.29. The van der Waals surface area contributed by atoms with Crippen LogP contribution in [0.4, 0.5) is 0 Å². The van der Waals surface area contributed by atoms with Crippen molar-refractivity contribution >= 4 is 39.0 Å². The fraction of sp³-hybridized carbons (Fsp3) is 0.316. The van der Waals surface area contributed by atoms with E-state index in [2.05, 4.69) is 0 Å². The highest BCUT2D eigenvalue weighted by molar-refractivity contribution is 7.91. The van der Waals surface area contributed by atoms with Gasteiger partial charge in [0.1, 0.15) is 17.4 Å². The van der Waals surface area contributed by atoms with E-state index in [1.165, 1.54) is 16.4 Å². The zero-order valence-corrected chi connectivity index (χ0v) is 16.6. The SMILES string of the molecule is O=C(O)C(=Cc1ccc2c(c1)OCCO2)c1ccc(S(=O)(=O)N2CCCC2)s1. The summed E-state index contributed by atoms with van der Waals surface area (Å²) in [6, 6.07) is 8.22. The number of thiophene rings is 1. The Balaban J connectivity index is 1.67. The summed E-state index contributed by atoms with van der Waals surface area (Å²) < 4.78 is 38.0. The first-order valence-electron chi connectivity index (χ1n) is 8.90. The number of hydrogen-bond acceptors (Lipinski definition) is 6. The van der Waals surface area contributed by atoms with Gasteiger partial charge < -0.3 is 14.6 Å². The Morgan fingerprint density at radius 2 is 1.79 bits per heavy atom. The Morgan fingerprint density at radius 1 is 1.07 bits per heavy atom. The molecule has 0 amide bonds. The number of carboxylic acids is 1. The Labute approximate surface area is 166 Å². The van der Waals surface area contributed by atoms with Gasteiger partial charge in [-0.1, -0.05) is 6.07 Å². The van der Waals surface area contributed by atoms with Gasteiger partial charge in [0.2, 0.25) is 0 Å². The fourth-order valence-electron chi connectivity index (χ4n) is 3.21. The summed E-state index contributed by atoms with van der Waals surface area (Å²) in [7, 11) is -3.57. The summed E-state index contributed by atoms with van der Waals surface area (Å²) in [5.74, 6) is 0.0606. The number of sulfonamides is 1. The third-order valence-electron chi connectivity index (χ3n) is 4.61. The van der Waals surface area contributed by atoms with Crippen LogP contribution in [0.3, 0.4) is 0 Å². The molecular formula is C19H19NO6S2. The van der Waals surface area contributed by atoms with Crippen LogP contribution in [-0.4, -0.2) is 50.1 Å². The lowest BCUT2D eigenvalue weighted by Crippen LogP contribution is -2.27. The van der Waals surface area contributed by atoms with Crippen molar-refractivity contribution in [1.82, 2.24) is 4.31 Å². The standard InChI is InChI=1S/C19H19NO6S2/c21-19(22)14(11-13-3-4-15-16(12-13)26-10-9-25-15)17-5-6-18(27-17)28(23,24)20-7-1-2-8-20/h3-6,11-12H,1-2,7-10H2,(H,21,22). The molecule has 0 unspecified atom stereocenters. The summed E-state index contributed by atoms with van der Waals surface area (Å²) in [5.41, 5.74) is 0.670. The molecule has 0 saturated carbocycles. The van der Waals surface area contributed by atoms with Gasteiger partial charge in [-0.2, -0.15) is 4.31 Å². The second-order valence-electron chi connectivity index (χ2n) is 6.50. The fourth-order valence-corrected chi connectivity index (χ4v) is 6.20. The second kappa shape index (κ2) is 7.57. The third-order valence-corrected chi connectivity index (χ3v) is 8.10. The lowest BCUT2D eigenvalue weighted by molar-refractivity contribution is -0.130. The van der Waals surface area contributed by atoms with E-state index in [0.717, 1.165) is 24.2 Å². The van der Waals surface area contributed by atoms with Crippen LogP contribution >= 0.6 is 11.3 Å². The van der Waals surface area contributed by atoms with Crippen LogP contribution in [0.25, 0.3) is 11.6 Å². The molecule has 0 bridgehead atoms. The Morgan fingerprint density at radius 3 is 2.50 bits per heavy atom. The number of nitrogens with zero attached hydrogens (tertiary/aromatic N) is 1. The predicted molar refractivity (Wildman–Crippen MR) is 105 cm³/mol. The quantitative estimate of drug-likeness (QED) is 0.746. The van der Waals surface area contributed by atoms with Crippen LogP contribution < -0.4 is 9.47 Å². The Bertz CT molecular complexity index is 1030. The normalized spacial score (nSPS) is 17.6. The molecule has 0 aliphatic carbocycles. The van der Waals surface area contributed by atoms with E-state index in [1.807, 2.05) is 0 Å². The highest BCUT2D eigenvalue weighted by Crippen LogP contribution is 2.34. The summed E-state index contributed by atoms with van der Waals surface area (Å²) in [5, 5.41) is 9.67. The molecule has 1 N–H and O–H groups in total.